The number of halogens is 4. The first-order valence-electron chi connectivity index (χ1n) is 18.4. The van der Waals surface area contributed by atoms with E-state index in [1.165, 1.54) is 13.2 Å². The lowest BCUT2D eigenvalue weighted by molar-refractivity contribution is -0.141. The van der Waals surface area contributed by atoms with Gasteiger partial charge < -0.3 is 25.4 Å². The molecule has 56 heavy (non-hydrogen) atoms. The normalized spacial score (nSPS) is 19.8. The Labute approximate surface area is 325 Å². The molecule has 12 nitrogen and oxygen atoms in total. The van der Waals surface area contributed by atoms with Crippen molar-refractivity contribution in [3.05, 3.63) is 92.5 Å². The van der Waals surface area contributed by atoms with Gasteiger partial charge in [-0.25, -0.2) is 19.4 Å². The zero-order valence-electron chi connectivity index (χ0n) is 31.0. The van der Waals surface area contributed by atoms with Crippen molar-refractivity contribution < 1.29 is 27.8 Å². The molecule has 16 heteroatoms. The molecule has 3 aliphatic rings. The van der Waals surface area contributed by atoms with Crippen LogP contribution in [0.4, 0.5) is 29.5 Å². The predicted molar refractivity (Wildman–Crippen MR) is 206 cm³/mol. The summed E-state index contributed by atoms with van der Waals surface area (Å²) in [6, 6.07) is 13.8. The number of aliphatic hydroxyl groups is 1. The number of methoxy groups -OCH3 is 1. The van der Waals surface area contributed by atoms with Crippen molar-refractivity contribution in [2.24, 2.45) is 7.05 Å². The van der Waals surface area contributed by atoms with Gasteiger partial charge in [0.05, 0.1) is 41.6 Å². The number of carbonyl (C=O) groups is 1. The second-order valence-electron chi connectivity index (χ2n) is 14.7. The van der Waals surface area contributed by atoms with Crippen LogP contribution in [-0.2, 0) is 19.6 Å². The second kappa shape index (κ2) is 14.4. The van der Waals surface area contributed by atoms with E-state index in [4.69, 9.17) is 21.3 Å². The van der Waals surface area contributed by atoms with E-state index < -0.39 is 17.4 Å². The monoisotopic (exact) mass is 788 g/mol. The van der Waals surface area contributed by atoms with E-state index >= 15 is 0 Å². The van der Waals surface area contributed by atoms with Gasteiger partial charge in [-0.2, -0.15) is 18.3 Å². The molecular formula is C40H40ClF3N8O4. The first-order valence-corrected chi connectivity index (χ1v) is 18.8. The van der Waals surface area contributed by atoms with Crippen molar-refractivity contribution in [2.75, 3.05) is 45.2 Å². The van der Waals surface area contributed by atoms with Gasteiger partial charge in [0.25, 0.3) is 5.56 Å². The van der Waals surface area contributed by atoms with Gasteiger partial charge in [0, 0.05) is 67.0 Å². The smallest absolute Gasteiger partial charge is 0.433 e. The van der Waals surface area contributed by atoms with Crippen LogP contribution >= 0.6 is 11.6 Å². The number of anilines is 2. The second-order valence-corrected chi connectivity index (χ2v) is 15.1. The fourth-order valence-electron chi connectivity index (χ4n) is 8.49. The standard InChI is InChI=1S/C40H40ClF3N8O4/c1-22-25(6-5-9-28(22)46-35-33-24(20-45-50(2)37(33)54)19-31(48-35)40(42,43)44)26-7-4-8-27(34(26)41)29-18-23-10-11-30(32(23)36(47-29)56-3)52-15-13-39(21-52)12-14-51(16-17-53)38(55)49-39/h4-9,18-20,30,53H,10-17,21H2,1-3H3,(H,46,48)(H,49,55)/t30-,39+/m0/s1. The number of alkyl halides is 3. The van der Waals surface area contributed by atoms with Crippen LogP contribution in [0.5, 0.6) is 5.88 Å². The molecule has 0 unspecified atom stereocenters. The highest BCUT2D eigenvalue weighted by Crippen LogP contribution is 2.47. The van der Waals surface area contributed by atoms with Gasteiger partial charge >= 0.3 is 12.2 Å². The third-order valence-electron chi connectivity index (χ3n) is 11.4. The number of aryl methyl sites for hydroxylation is 2. The largest absolute Gasteiger partial charge is 0.481 e. The number of carbonyl (C=O) groups excluding carboxylic acids is 1. The maximum absolute atomic E-state index is 13.9. The number of pyridine rings is 2. The molecule has 5 heterocycles. The molecule has 2 atom stereocenters. The Morgan fingerprint density at radius 3 is 2.57 bits per heavy atom. The van der Waals surface area contributed by atoms with E-state index in [9.17, 15) is 27.9 Å². The predicted octanol–water partition coefficient (Wildman–Crippen LogP) is 6.63. The number of benzene rings is 2. The summed E-state index contributed by atoms with van der Waals surface area (Å²) in [5, 5.41) is 19.9. The number of urea groups is 1. The number of aromatic nitrogens is 4. The number of rotatable bonds is 8. The number of nitrogens with one attached hydrogen (secondary N) is 2. The summed E-state index contributed by atoms with van der Waals surface area (Å²) < 4.78 is 48.6. The number of β-amino-alcohol motifs (C(OH)–C–C–N with tert-alkyl or cyclic N) is 1. The van der Waals surface area contributed by atoms with Crippen LogP contribution in [0.25, 0.3) is 33.2 Å². The number of nitrogens with zero attached hydrogens (tertiary/aromatic N) is 6. The fraction of sp³-hybridized carbons (Fsp3) is 0.375. The number of amides is 2. The van der Waals surface area contributed by atoms with E-state index in [0.717, 1.165) is 66.2 Å². The molecule has 292 valence electrons. The van der Waals surface area contributed by atoms with Gasteiger partial charge in [-0.05, 0) is 67.5 Å². The minimum absolute atomic E-state index is 0.0134. The molecule has 3 aromatic heterocycles. The molecule has 0 radical (unpaired) electrons. The SMILES string of the molecule is COc1nc(-c2cccc(-c3cccc(Nc4nc(C(F)(F)F)cc5cnn(C)c(=O)c45)c3C)c2Cl)cc2c1[C@@H](N1CC[C@]3(CCN(CCO)C(=O)N3)C1)CC2. The van der Waals surface area contributed by atoms with Crippen LogP contribution in [0.3, 0.4) is 0 Å². The summed E-state index contributed by atoms with van der Waals surface area (Å²) in [7, 11) is 3.03. The molecule has 2 amide bonds. The summed E-state index contributed by atoms with van der Waals surface area (Å²) in [4.78, 5) is 38.8. The van der Waals surface area contributed by atoms with Gasteiger partial charge in [0.15, 0.2) is 0 Å². The van der Waals surface area contributed by atoms with Gasteiger partial charge in [-0.3, -0.25) is 9.69 Å². The van der Waals surface area contributed by atoms with Gasteiger partial charge in [-0.15, -0.1) is 0 Å². The third kappa shape index (κ3) is 6.60. The minimum Gasteiger partial charge on any atom is -0.481 e. The lowest BCUT2D eigenvalue weighted by atomic mass is 9.92. The van der Waals surface area contributed by atoms with Gasteiger partial charge in [-0.1, -0.05) is 41.9 Å². The van der Waals surface area contributed by atoms with Crippen LogP contribution in [0, 0.1) is 6.92 Å². The Morgan fingerprint density at radius 1 is 1.07 bits per heavy atom. The first kappa shape index (κ1) is 37.7. The molecule has 3 N–H and O–H groups in total. The topological polar surface area (TPSA) is 138 Å². The van der Waals surface area contributed by atoms with Crippen LogP contribution in [0.15, 0.2) is 59.5 Å². The lowest BCUT2D eigenvalue weighted by Crippen LogP contribution is -2.61. The Kier molecular flexibility index (Phi) is 9.66. The summed E-state index contributed by atoms with van der Waals surface area (Å²) in [6.45, 7) is 4.23. The molecular weight excluding hydrogens is 749 g/mol. The summed E-state index contributed by atoms with van der Waals surface area (Å²) in [5.74, 6) is 0.289. The number of hydrogen-bond acceptors (Lipinski definition) is 9. The maximum atomic E-state index is 13.9. The zero-order valence-corrected chi connectivity index (χ0v) is 31.8. The summed E-state index contributed by atoms with van der Waals surface area (Å²) in [5.41, 5.74) is 3.96. The molecule has 0 bridgehead atoms. The number of hydrogen-bond donors (Lipinski definition) is 3. The van der Waals surface area contributed by atoms with Crippen molar-refractivity contribution in [3.63, 3.8) is 0 Å². The Balaban J connectivity index is 1.10. The average Bonchev–Trinajstić information content (AvgIpc) is 3.79. The Morgan fingerprint density at radius 2 is 1.82 bits per heavy atom. The molecule has 1 aliphatic carbocycles. The van der Waals surface area contributed by atoms with Crippen LogP contribution in [0.2, 0.25) is 5.02 Å². The quantitative estimate of drug-likeness (QED) is 0.158. The number of ether oxygens (including phenoxy) is 1. The highest BCUT2D eigenvalue weighted by molar-refractivity contribution is 6.36. The Bertz CT molecular complexity index is 2440. The van der Waals surface area contributed by atoms with Crippen molar-refractivity contribution in [1.29, 1.82) is 0 Å². The molecule has 8 rings (SSSR count). The highest BCUT2D eigenvalue weighted by atomic mass is 35.5. The van der Waals surface area contributed by atoms with Crippen molar-refractivity contribution in [3.8, 4) is 28.3 Å². The Hall–Kier alpha value is -5.25. The number of fused-ring (bicyclic) bond motifs is 2. The molecule has 2 fully saturated rings. The van der Waals surface area contributed by atoms with E-state index in [-0.39, 0.29) is 40.8 Å². The van der Waals surface area contributed by atoms with Gasteiger partial charge in [0.2, 0.25) is 5.88 Å². The first-order chi connectivity index (χ1) is 26.8. The fourth-order valence-corrected chi connectivity index (χ4v) is 8.81. The molecule has 1 spiro atoms. The number of aliphatic hydroxyl groups excluding tert-OH is 1. The van der Waals surface area contributed by atoms with Crippen molar-refractivity contribution >= 4 is 39.9 Å². The molecule has 2 saturated heterocycles. The third-order valence-corrected chi connectivity index (χ3v) is 11.8. The number of likely N-dealkylation sites (tertiary alicyclic amines) is 1. The summed E-state index contributed by atoms with van der Waals surface area (Å²) >= 11 is 7.20. The molecule has 0 saturated carbocycles. The van der Waals surface area contributed by atoms with E-state index in [2.05, 4.69) is 31.7 Å². The van der Waals surface area contributed by atoms with E-state index in [1.807, 2.05) is 31.2 Å². The van der Waals surface area contributed by atoms with Crippen molar-refractivity contribution in [2.45, 2.75) is 50.4 Å². The highest BCUT2D eigenvalue weighted by Gasteiger charge is 2.46. The van der Waals surface area contributed by atoms with Crippen LogP contribution in [-0.4, -0.2) is 86.1 Å². The van der Waals surface area contributed by atoms with Gasteiger partial charge in [0.1, 0.15) is 11.5 Å². The van der Waals surface area contributed by atoms with E-state index in [1.54, 1.807) is 24.1 Å². The molecule has 5 aromatic rings. The maximum Gasteiger partial charge on any atom is 0.433 e. The van der Waals surface area contributed by atoms with Crippen LogP contribution < -0.4 is 20.9 Å². The molecule has 2 aliphatic heterocycles. The molecule has 2 aromatic carbocycles. The van der Waals surface area contributed by atoms with Crippen LogP contribution in [0.1, 0.15) is 47.7 Å². The summed E-state index contributed by atoms with van der Waals surface area (Å²) in [6.07, 6.45) is -0.193. The lowest BCUT2D eigenvalue weighted by Gasteiger charge is -2.40. The average molecular weight is 789 g/mol. The van der Waals surface area contributed by atoms with Crippen molar-refractivity contribution in [1.82, 2.24) is 34.9 Å². The minimum atomic E-state index is -4.75. The van der Waals surface area contributed by atoms with E-state index in [0.29, 0.717) is 52.1 Å². The zero-order chi connectivity index (χ0) is 39.5.